The van der Waals surface area contributed by atoms with Gasteiger partial charge in [-0.3, -0.25) is 0 Å². The van der Waals surface area contributed by atoms with E-state index >= 15 is 0 Å². The number of unbranched alkanes of at least 4 members (excludes halogenated alkanes) is 1. The van der Waals surface area contributed by atoms with Crippen molar-refractivity contribution in [3.8, 4) is 0 Å². The van der Waals surface area contributed by atoms with Crippen LogP contribution in [0.15, 0.2) is 0 Å². The Bertz CT molecular complexity index is 127. The molecule has 0 amide bonds. The van der Waals surface area contributed by atoms with Crippen LogP contribution in [0.4, 0.5) is 0 Å². The summed E-state index contributed by atoms with van der Waals surface area (Å²) in [5, 5.41) is 4.44. The molecule has 1 rings (SSSR count). The van der Waals surface area contributed by atoms with Gasteiger partial charge in [0.25, 0.3) is 0 Å². The van der Waals surface area contributed by atoms with Crippen LogP contribution in [0.2, 0.25) is 0 Å². The molecule has 0 saturated carbocycles. The van der Waals surface area contributed by atoms with Crippen LogP contribution in [-0.2, 0) is 0 Å². The van der Waals surface area contributed by atoms with Gasteiger partial charge in [0.05, 0.1) is 0 Å². The molecule has 84 valence electrons. The molecule has 0 bridgehead atoms. The van der Waals surface area contributed by atoms with Gasteiger partial charge in [0, 0.05) is 29.1 Å². The number of thioether (sulfide) groups is 3. The summed E-state index contributed by atoms with van der Waals surface area (Å²) in [6.45, 7) is 2.43. The van der Waals surface area contributed by atoms with Gasteiger partial charge in [0.1, 0.15) is 0 Å². The molecule has 0 aromatic carbocycles. The molecule has 0 aromatic rings. The van der Waals surface area contributed by atoms with Crippen LogP contribution in [0.5, 0.6) is 0 Å². The molecule has 0 radical (unpaired) electrons. The lowest BCUT2D eigenvalue weighted by atomic mass is 10.3. The van der Waals surface area contributed by atoms with Gasteiger partial charge in [-0.25, -0.2) is 0 Å². The first-order valence-electron chi connectivity index (χ1n) is 5.32. The molecular formula is C10H21NS3. The quantitative estimate of drug-likeness (QED) is 0.698. The highest BCUT2D eigenvalue weighted by atomic mass is 32.2. The Labute approximate surface area is 101 Å². The summed E-state index contributed by atoms with van der Waals surface area (Å²) in [7, 11) is 0. The van der Waals surface area contributed by atoms with Gasteiger partial charge in [-0.05, 0) is 31.4 Å². The Kier molecular flexibility index (Phi) is 8.64. The molecule has 0 aliphatic carbocycles. The first-order chi connectivity index (χ1) is 6.93. The summed E-state index contributed by atoms with van der Waals surface area (Å²) in [6.07, 6.45) is 4.88. The van der Waals surface area contributed by atoms with E-state index in [-0.39, 0.29) is 0 Å². The summed E-state index contributed by atoms with van der Waals surface area (Å²) in [5.74, 6) is 5.37. The zero-order valence-electron chi connectivity index (χ0n) is 8.96. The third-order valence-electron chi connectivity index (χ3n) is 2.21. The SMILES string of the molecule is CSCCCCNCC1CSCCS1. The number of nitrogens with one attached hydrogen (secondary N) is 1. The van der Waals surface area contributed by atoms with Gasteiger partial charge in [0.2, 0.25) is 0 Å². The van der Waals surface area contributed by atoms with Crippen LogP contribution in [0.3, 0.4) is 0 Å². The maximum Gasteiger partial charge on any atom is 0.0263 e. The van der Waals surface area contributed by atoms with E-state index in [2.05, 4.69) is 35.1 Å². The van der Waals surface area contributed by atoms with E-state index in [0.717, 1.165) is 5.25 Å². The molecule has 1 nitrogen and oxygen atoms in total. The first kappa shape index (κ1) is 13.1. The first-order valence-corrected chi connectivity index (χ1v) is 8.92. The Morgan fingerprint density at radius 1 is 1.36 bits per heavy atom. The molecule has 0 spiro atoms. The fourth-order valence-electron chi connectivity index (χ4n) is 1.41. The van der Waals surface area contributed by atoms with Gasteiger partial charge >= 0.3 is 0 Å². The number of hydrogen-bond donors (Lipinski definition) is 1. The Morgan fingerprint density at radius 2 is 2.29 bits per heavy atom. The molecule has 1 aliphatic rings. The van der Waals surface area contributed by atoms with E-state index in [9.17, 15) is 0 Å². The molecule has 1 heterocycles. The summed E-state index contributed by atoms with van der Waals surface area (Å²) >= 11 is 6.21. The van der Waals surface area contributed by atoms with Crippen molar-refractivity contribution in [1.82, 2.24) is 5.32 Å². The van der Waals surface area contributed by atoms with Crippen molar-refractivity contribution in [1.29, 1.82) is 0 Å². The van der Waals surface area contributed by atoms with Crippen LogP contribution in [0, 0.1) is 0 Å². The van der Waals surface area contributed by atoms with Gasteiger partial charge < -0.3 is 5.32 Å². The Morgan fingerprint density at radius 3 is 3.00 bits per heavy atom. The second kappa shape index (κ2) is 9.25. The van der Waals surface area contributed by atoms with Crippen molar-refractivity contribution >= 4 is 35.3 Å². The molecule has 0 aromatic heterocycles. The normalized spacial score (nSPS) is 22.5. The van der Waals surface area contributed by atoms with E-state index < -0.39 is 0 Å². The lowest BCUT2D eigenvalue weighted by Crippen LogP contribution is -2.29. The Hall–Kier alpha value is 1.01. The molecule has 4 heteroatoms. The molecule has 14 heavy (non-hydrogen) atoms. The van der Waals surface area contributed by atoms with E-state index in [0.29, 0.717) is 0 Å². The van der Waals surface area contributed by atoms with Crippen molar-refractivity contribution in [3.05, 3.63) is 0 Å². The minimum Gasteiger partial charge on any atom is -0.316 e. The molecule has 1 saturated heterocycles. The van der Waals surface area contributed by atoms with Gasteiger partial charge in [-0.1, -0.05) is 0 Å². The minimum atomic E-state index is 0.870. The summed E-state index contributed by atoms with van der Waals surface area (Å²) in [5.41, 5.74) is 0. The monoisotopic (exact) mass is 251 g/mol. The summed E-state index contributed by atoms with van der Waals surface area (Å²) in [4.78, 5) is 0. The van der Waals surface area contributed by atoms with E-state index in [4.69, 9.17) is 0 Å². The van der Waals surface area contributed by atoms with Crippen LogP contribution in [0.1, 0.15) is 12.8 Å². The van der Waals surface area contributed by atoms with Crippen LogP contribution in [0.25, 0.3) is 0 Å². The van der Waals surface area contributed by atoms with E-state index in [1.54, 1.807) is 0 Å². The second-order valence-electron chi connectivity index (χ2n) is 3.47. The topological polar surface area (TPSA) is 12.0 Å². The molecule has 1 unspecified atom stereocenters. The highest BCUT2D eigenvalue weighted by Crippen LogP contribution is 2.23. The number of hydrogen-bond acceptors (Lipinski definition) is 4. The smallest absolute Gasteiger partial charge is 0.0263 e. The Balaban J connectivity index is 1.82. The average molecular weight is 251 g/mol. The van der Waals surface area contributed by atoms with Gasteiger partial charge in [-0.15, -0.1) is 0 Å². The fraction of sp³-hybridized carbons (Fsp3) is 1.00. The lowest BCUT2D eigenvalue weighted by Gasteiger charge is -2.21. The predicted octanol–water partition coefficient (Wildman–Crippen LogP) is 2.57. The minimum absolute atomic E-state index is 0.870. The third-order valence-corrected chi connectivity index (χ3v) is 5.75. The van der Waals surface area contributed by atoms with Gasteiger partial charge in [0.15, 0.2) is 0 Å². The van der Waals surface area contributed by atoms with Crippen LogP contribution in [-0.4, -0.2) is 47.6 Å². The highest BCUT2D eigenvalue weighted by molar-refractivity contribution is 8.06. The number of rotatable bonds is 7. The summed E-state index contributed by atoms with van der Waals surface area (Å²) < 4.78 is 0. The maximum atomic E-state index is 3.57. The molecule has 1 atom stereocenters. The van der Waals surface area contributed by atoms with Crippen molar-refractivity contribution in [2.45, 2.75) is 18.1 Å². The van der Waals surface area contributed by atoms with Crippen LogP contribution >= 0.6 is 35.3 Å². The molecule has 1 aliphatic heterocycles. The van der Waals surface area contributed by atoms with Crippen LogP contribution < -0.4 is 5.32 Å². The zero-order valence-corrected chi connectivity index (χ0v) is 11.4. The zero-order chi connectivity index (χ0) is 10.1. The standard InChI is InChI=1S/C10H21NS3/c1-12-5-3-2-4-11-8-10-9-13-6-7-14-10/h10-11H,2-9H2,1H3. The van der Waals surface area contributed by atoms with Gasteiger partial charge in [-0.2, -0.15) is 35.3 Å². The van der Waals surface area contributed by atoms with Crippen molar-refractivity contribution < 1.29 is 0 Å². The fourth-order valence-corrected chi connectivity index (χ4v) is 4.55. The second-order valence-corrected chi connectivity index (χ2v) is 7.02. The summed E-state index contributed by atoms with van der Waals surface area (Å²) in [6, 6.07) is 0. The van der Waals surface area contributed by atoms with E-state index in [1.807, 2.05) is 11.8 Å². The van der Waals surface area contributed by atoms with Crippen molar-refractivity contribution in [2.24, 2.45) is 0 Å². The third kappa shape index (κ3) is 6.49. The molecule has 1 N–H and O–H groups in total. The highest BCUT2D eigenvalue weighted by Gasteiger charge is 2.12. The molecule has 1 fully saturated rings. The maximum absolute atomic E-state index is 3.57. The molecular weight excluding hydrogens is 230 g/mol. The van der Waals surface area contributed by atoms with E-state index in [1.165, 1.54) is 48.9 Å². The average Bonchev–Trinajstić information content (AvgIpc) is 2.25. The predicted molar refractivity (Wildman–Crippen MR) is 74.1 cm³/mol. The van der Waals surface area contributed by atoms with Crippen molar-refractivity contribution in [3.63, 3.8) is 0 Å². The van der Waals surface area contributed by atoms with Crippen molar-refractivity contribution in [2.75, 3.05) is 42.4 Å². The largest absolute Gasteiger partial charge is 0.316 e. The lowest BCUT2D eigenvalue weighted by molar-refractivity contribution is 0.642.